The van der Waals surface area contributed by atoms with Gasteiger partial charge in [-0.2, -0.15) is 13.2 Å². The summed E-state index contributed by atoms with van der Waals surface area (Å²) in [6, 6.07) is -2.57. The minimum Gasteiger partial charge on any atom is -0.448 e. The first-order chi connectivity index (χ1) is 9.97. The van der Waals surface area contributed by atoms with E-state index in [1.165, 1.54) is 0 Å². The Bertz CT molecular complexity index is 477. The van der Waals surface area contributed by atoms with E-state index >= 15 is 0 Å². The van der Waals surface area contributed by atoms with E-state index in [0.29, 0.717) is 0 Å². The average molecular weight is 344 g/mol. The van der Waals surface area contributed by atoms with Gasteiger partial charge in [-0.15, -0.1) is 0 Å². The maximum atomic E-state index is 12.9. The van der Waals surface area contributed by atoms with Gasteiger partial charge in [-0.25, -0.2) is 9.59 Å². The molecule has 0 aromatic carbocycles. The SMILES string of the molecule is CC(C)(C)OC(=O)N1[C@H]2[C@@H](C[C@H]1C(=O)OCCl)[C@@H]2C(F)(F)F. The van der Waals surface area contributed by atoms with Crippen LogP contribution in [-0.4, -0.2) is 46.9 Å². The first-order valence-corrected chi connectivity index (χ1v) is 7.31. The lowest BCUT2D eigenvalue weighted by atomic mass is 10.1. The highest BCUT2D eigenvalue weighted by Gasteiger charge is 2.73. The Hall–Kier alpha value is -1.18. The van der Waals surface area contributed by atoms with Crippen LogP contribution in [0.3, 0.4) is 0 Å². The zero-order valence-corrected chi connectivity index (χ0v) is 13.1. The van der Waals surface area contributed by atoms with Gasteiger partial charge in [0.2, 0.25) is 0 Å². The van der Waals surface area contributed by atoms with Crippen molar-refractivity contribution in [2.75, 3.05) is 6.07 Å². The van der Waals surface area contributed by atoms with Gasteiger partial charge < -0.3 is 9.47 Å². The zero-order valence-electron chi connectivity index (χ0n) is 12.3. The number of alkyl halides is 4. The van der Waals surface area contributed by atoms with Gasteiger partial charge in [0.15, 0.2) is 6.07 Å². The molecule has 1 aliphatic carbocycles. The highest BCUT2D eigenvalue weighted by molar-refractivity contribution is 6.17. The number of halogens is 4. The van der Waals surface area contributed by atoms with Crippen LogP contribution in [0.5, 0.6) is 0 Å². The summed E-state index contributed by atoms with van der Waals surface area (Å²) in [6.45, 7) is 4.79. The molecule has 1 saturated heterocycles. The smallest absolute Gasteiger partial charge is 0.411 e. The summed E-state index contributed by atoms with van der Waals surface area (Å²) < 4.78 is 48.4. The number of amides is 1. The predicted octanol–water partition coefficient (Wildman–Crippen LogP) is 2.91. The fourth-order valence-electron chi connectivity index (χ4n) is 2.96. The molecule has 0 spiro atoms. The molecule has 0 bridgehead atoms. The predicted molar refractivity (Wildman–Crippen MR) is 70.1 cm³/mol. The Morgan fingerprint density at radius 1 is 1.27 bits per heavy atom. The number of likely N-dealkylation sites (tertiary alicyclic amines) is 1. The van der Waals surface area contributed by atoms with E-state index < -0.39 is 53.8 Å². The van der Waals surface area contributed by atoms with E-state index in [9.17, 15) is 22.8 Å². The Morgan fingerprint density at radius 2 is 1.86 bits per heavy atom. The number of piperidine rings is 1. The standard InChI is InChI=1S/C13H17ClF3NO4/c1-12(2,3)22-11(20)18-7(10(19)21-5-14)4-6-8(9(6)18)13(15,16)17/h6-9H,4-5H2,1-3H3/t6-,7-,8-,9-/m0/s1. The molecule has 9 heteroatoms. The Kier molecular flexibility index (Phi) is 4.27. The van der Waals surface area contributed by atoms with E-state index in [-0.39, 0.29) is 6.42 Å². The molecule has 2 rings (SSSR count). The lowest BCUT2D eigenvalue weighted by Crippen LogP contribution is -2.48. The Labute approximate surface area is 130 Å². The molecule has 1 heterocycles. The van der Waals surface area contributed by atoms with Crippen molar-refractivity contribution in [1.82, 2.24) is 4.90 Å². The Morgan fingerprint density at radius 3 is 2.32 bits per heavy atom. The van der Waals surface area contributed by atoms with Crippen LogP contribution in [0.1, 0.15) is 27.2 Å². The van der Waals surface area contributed by atoms with Crippen LogP contribution in [-0.2, 0) is 14.3 Å². The van der Waals surface area contributed by atoms with Crippen molar-refractivity contribution in [3.8, 4) is 0 Å². The second-order valence-corrected chi connectivity index (χ2v) is 6.65. The summed E-state index contributed by atoms with van der Waals surface area (Å²) in [5, 5.41) is 0. The molecule has 126 valence electrons. The third kappa shape index (κ3) is 3.26. The van der Waals surface area contributed by atoms with Gasteiger partial charge in [-0.1, -0.05) is 11.6 Å². The number of hydrogen-bond donors (Lipinski definition) is 0. The summed E-state index contributed by atoms with van der Waals surface area (Å²) in [6.07, 6.45) is -5.44. The largest absolute Gasteiger partial charge is 0.448 e. The van der Waals surface area contributed by atoms with Gasteiger partial charge in [-0.3, -0.25) is 4.90 Å². The number of fused-ring (bicyclic) bond motifs is 1. The van der Waals surface area contributed by atoms with Crippen molar-refractivity contribution in [3.63, 3.8) is 0 Å². The average Bonchev–Trinajstić information content (AvgIpc) is 2.89. The maximum absolute atomic E-state index is 12.9. The molecular formula is C13H17ClF3NO4. The lowest BCUT2D eigenvalue weighted by molar-refractivity contribution is -0.163. The molecule has 2 fully saturated rings. The first-order valence-electron chi connectivity index (χ1n) is 6.78. The fraction of sp³-hybridized carbons (Fsp3) is 0.846. The molecule has 1 saturated carbocycles. The number of hydrogen-bond acceptors (Lipinski definition) is 4. The maximum Gasteiger partial charge on any atom is 0.411 e. The second-order valence-electron chi connectivity index (χ2n) is 6.43. The summed E-state index contributed by atoms with van der Waals surface area (Å²) >= 11 is 5.30. The number of esters is 1. The van der Waals surface area contributed by atoms with E-state index in [0.717, 1.165) is 4.90 Å². The van der Waals surface area contributed by atoms with Gasteiger partial charge in [0, 0.05) is 0 Å². The topological polar surface area (TPSA) is 55.8 Å². The summed E-state index contributed by atoms with van der Waals surface area (Å²) in [7, 11) is 0. The van der Waals surface area contributed by atoms with E-state index in [1.54, 1.807) is 20.8 Å². The molecule has 1 amide bonds. The Balaban J connectivity index is 2.18. The number of rotatable bonds is 2. The van der Waals surface area contributed by atoms with Crippen molar-refractivity contribution in [2.45, 2.75) is 51.1 Å². The van der Waals surface area contributed by atoms with Gasteiger partial charge in [0.05, 0.1) is 12.0 Å². The quantitative estimate of drug-likeness (QED) is 0.571. The first kappa shape index (κ1) is 17.2. The van der Waals surface area contributed by atoms with Crippen LogP contribution in [0.15, 0.2) is 0 Å². The van der Waals surface area contributed by atoms with Crippen LogP contribution >= 0.6 is 11.6 Å². The molecule has 0 unspecified atom stereocenters. The van der Waals surface area contributed by atoms with E-state index in [4.69, 9.17) is 16.3 Å². The van der Waals surface area contributed by atoms with E-state index in [1.807, 2.05) is 0 Å². The number of ether oxygens (including phenoxy) is 2. The van der Waals surface area contributed by atoms with Crippen LogP contribution in [0.25, 0.3) is 0 Å². The molecule has 0 aromatic heterocycles. The van der Waals surface area contributed by atoms with Crippen molar-refractivity contribution in [1.29, 1.82) is 0 Å². The minimum absolute atomic E-state index is 0.0934. The van der Waals surface area contributed by atoms with Crippen LogP contribution in [0, 0.1) is 11.8 Å². The zero-order chi connectivity index (χ0) is 16.9. The van der Waals surface area contributed by atoms with Crippen molar-refractivity contribution in [2.24, 2.45) is 11.8 Å². The van der Waals surface area contributed by atoms with Crippen LogP contribution in [0.2, 0.25) is 0 Å². The molecular weight excluding hydrogens is 327 g/mol. The van der Waals surface area contributed by atoms with Gasteiger partial charge >= 0.3 is 18.2 Å². The molecule has 22 heavy (non-hydrogen) atoms. The molecule has 0 aromatic rings. The normalized spacial score (nSPS) is 30.8. The molecule has 4 atom stereocenters. The second kappa shape index (κ2) is 5.47. The van der Waals surface area contributed by atoms with Crippen molar-refractivity contribution >= 4 is 23.7 Å². The lowest BCUT2D eigenvalue weighted by Gasteiger charge is -2.30. The summed E-state index contributed by atoms with van der Waals surface area (Å²) in [5.41, 5.74) is -0.876. The molecule has 5 nitrogen and oxygen atoms in total. The highest BCUT2D eigenvalue weighted by Crippen LogP contribution is 2.60. The minimum atomic E-state index is -4.41. The molecule has 0 N–H and O–H groups in total. The van der Waals surface area contributed by atoms with Crippen molar-refractivity contribution < 1.29 is 32.2 Å². The van der Waals surface area contributed by atoms with E-state index in [2.05, 4.69) is 4.74 Å². The highest BCUT2D eigenvalue weighted by atomic mass is 35.5. The van der Waals surface area contributed by atoms with Crippen molar-refractivity contribution in [3.05, 3.63) is 0 Å². The molecule has 2 aliphatic rings. The molecule has 1 aliphatic heterocycles. The summed E-state index contributed by atoms with van der Waals surface area (Å²) in [4.78, 5) is 24.9. The number of carbonyl (C=O) groups is 2. The third-order valence-electron chi connectivity index (χ3n) is 3.73. The van der Waals surface area contributed by atoms with Gasteiger partial charge in [0.1, 0.15) is 11.6 Å². The number of carbonyl (C=O) groups excluding carboxylic acids is 2. The fourth-order valence-corrected chi connectivity index (χ4v) is 3.07. The van der Waals surface area contributed by atoms with Crippen LogP contribution in [0.4, 0.5) is 18.0 Å². The van der Waals surface area contributed by atoms with Gasteiger partial charge in [-0.05, 0) is 33.1 Å². The third-order valence-corrected chi connectivity index (χ3v) is 3.84. The number of nitrogens with zero attached hydrogens (tertiary/aromatic N) is 1. The molecule has 0 radical (unpaired) electrons. The monoisotopic (exact) mass is 343 g/mol. The summed E-state index contributed by atoms with van der Waals surface area (Å²) in [5.74, 6) is -3.21. The van der Waals surface area contributed by atoms with Gasteiger partial charge in [0.25, 0.3) is 0 Å². The van der Waals surface area contributed by atoms with Crippen LogP contribution < -0.4 is 0 Å².